The SMILES string of the molecule is CN1CCOC(C)(F)C1. The number of ether oxygens (including phenoxy) is 1. The largest absolute Gasteiger partial charge is 0.344 e. The first kappa shape index (κ1) is 6.96. The fourth-order valence-corrected chi connectivity index (χ4v) is 1.02. The van der Waals surface area contributed by atoms with Crippen LogP contribution in [0.5, 0.6) is 0 Å². The van der Waals surface area contributed by atoms with E-state index < -0.39 is 5.85 Å². The van der Waals surface area contributed by atoms with Gasteiger partial charge in [-0.3, -0.25) is 4.90 Å². The molecule has 1 unspecified atom stereocenters. The van der Waals surface area contributed by atoms with Crippen molar-refractivity contribution in [2.45, 2.75) is 12.8 Å². The van der Waals surface area contributed by atoms with Gasteiger partial charge in [0, 0.05) is 6.54 Å². The highest BCUT2D eigenvalue weighted by molar-refractivity contribution is 4.70. The summed E-state index contributed by atoms with van der Waals surface area (Å²) in [6.07, 6.45) is 0. The van der Waals surface area contributed by atoms with E-state index in [4.69, 9.17) is 4.74 Å². The summed E-state index contributed by atoms with van der Waals surface area (Å²) in [5.74, 6) is -1.42. The second-order valence-corrected chi connectivity index (χ2v) is 2.69. The average molecular weight is 133 g/mol. The number of likely N-dealkylation sites (N-methyl/N-ethyl adjacent to an activating group) is 1. The molecule has 0 saturated carbocycles. The Bertz CT molecular complexity index is 105. The molecule has 9 heavy (non-hydrogen) atoms. The zero-order valence-corrected chi connectivity index (χ0v) is 5.85. The lowest BCUT2D eigenvalue weighted by Crippen LogP contribution is -2.45. The molecule has 1 aliphatic heterocycles. The van der Waals surface area contributed by atoms with Gasteiger partial charge in [-0.1, -0.05) is 0 Å². The number of nitrogens with zero attached hydrogens (tertiary/aromatic N) is 1. The van der Waals surface area contributed by atoms with Crippen LogP contribution in [0, 0.1) is 0 Å². The van der Waals surface area contributed by atoms with E-state index in [1.807, 2.05) is 11.9 Å². The van der Waals surface area contributed by atoms with Gasteiger partial charge in [0.25, 0.3) is 0 Å². The molecule has 1 aliphatic rings. The van der Waals surface area contributed by atoms with E-state index >= 15 is 0 Å². The third kappa shape index (κ3) is 1.91. The minimum atomic E-state index is -1.42. The van der Waals surface area contributed by atoms with Crippen molar-refractivity contribution >= 4 is 0 Å². The predicted molar refractivity (Wildman–Crippen MR) is 33.0 cm³/mol. The summed E-state index contributed by atoms with van der Waals surface area (Å²) in [5.41, 5.74) is 0. The van der Waals surface area contributed by atoms with Crippen LogP contribution in [-0.4, -0.2) is 37.5 Å². The molecule has 2 nitrogen and oxygen atoms in total. The van der Waals surface area contributed by atoms with Crippen LogP contribution >= 0.6 is 0 Å². The van der Waals surface area contributed by atoms with Gasteiger partial charge in [-0.25, -0.2) is 4.39 Å². The minimum absolute atomic E-state index is 0.382. The molecule has 1 fully saturated rings. The minimum Gasteiger partial charge on any atom is -0.344 e. The van der Waals surface area contributed by atoms with Crippen molar-refractivity contribution in [3.63, 3.8) is 0 Å². The van der Waals surface area contributed by atoms with Crippen molar-refractivity contribution in [1.29, 1.82) is 0 Å². The lowest BCUT2D eigenvalue weighted by molar-refractivity contribution is -0.173. The van der Waals surface area contributed by atoms with Gasteiger partial charge >= 0.3 is 0 Å². The van der Waals surface area contributed by atoms with E-state index in [1.54, 1.807) is 0 Å². The lowest BCUT2D eigenvalue weighted by atomic mass is 10.3. The van der Waals surface area contributed by atoms with Gasteiger partial charge in [-0.2, -0.15) is 0 Å². The summed E-state index contributed by atoms with van der Waals surface area (Å²) in [7, 11) is 1.89. The summed E-state index contributed by atoms with van der Waals surface area (Å²) in [6.45, 7) is 3.18. The summed E-state index contributed by atoms with van der Waals surface area (Å²) in [6, 6.07) is 0. The van der Waals surface area contributed by atoms with Crippen LogP contribution in [0.1, 0.15) is 6.92 Å². The van der Waals surface area contributed by atoms with Crippen molar-refractivity contribution in [2.75, 3.05) is 26.7 Å². The number of alkyl halides is 1. The molecule has 0 aromatic carbocycles. The molecule has 1 rings (SSSR count). The standard InChI is InChI=1S/C6H12FNO/c1-6(7)5-8(2)3-4-9-6/h3-5H2,1-2H3. The highest BCUT2D eigenvalue weighted by Crippen LogP contribution is 2.16. The second kappa shape index (κ2) is 2.23. The molecule has 3 heteroatoms. The van der Waals surface area contributed by atoms with E-state index in [9.17, 15) is 4.39 Å². The van der Waals surface area contributed by atoms with E-state index in [1.165, 1.54) is 6.92 Å². The lowest BCUT2D eigenvalue weighted by Gasteiger charge is -2.32. The maximum absolute atomic E-state index is 12.9. The van der Waals surface area contributed by atoms with Gasteiger partial charge in [0.1, 0.15) is 0 Å². The molecule has 54 valence electrons. The molecule has 0 aliphatic carbocycles. The Morgan fingerprint density at radius 2 is 2.33 bits per heavy atom. The van der Waals surface area contributed by atoms with Crippen molar-refractivity contribution in [1.82, 2.24) is 4.90 Å². The maximum atomic E-state index is 12.9. The van der Waals surface area contributed by atoms with Gasteiger partial charge in [0.15, 0.2) is 0 Å². The van der Waals surface area contributed by atoms with Crippen LogP contribution in [0.15, 0.2) is 0 Å². The molecule has 0 aromatic heterocycles. The molecule has 0 N–H and O–H groups in total. The highest BCUT2D eigenvalue weighted by atomic mass is 19.2. The van der Waals surface area contributed by atoms with Crippen LogP contribution in [0.2, 0.25) is 0 Å². The molecule has 1 atom stereocenters. The first-order valence-corrected chi connectivity index (χ1v) is 3.12. The van der Waals surface area contributed by atoms with Crippen molar-refractivity contribution in [2.24, 2.45) is 0 Å². The molecular weight excluding hydrogens is 121 g/mol. The topological polar surface area (TPSA) is 12.5 Å². The van der Waals surface area contributed by atoms with Crippen LogP contribution in [-0.2, 0) is 4.74 Å². The molecular formula is C6H12FNO. The highest BCUT2D eigenvalue weighted by Gasteiger charge is 2.29. The summed E-state index contributed by atoms with van der Waals surface area (Å²) < 4.78 is 17.7. The van der Waals surface area contributed by atoms with Gasteiger partial charge in [-0.05, 0) is 14.0 Å². The van der Waals surface area contributed by atoms with Crippen LogP contribution in [0.4, 0.5) is 4.39 Å². The number of rotatable bonds is 0. The van der Waals surface area contributed by atoms with Crippen molar-refractivity contribution in [3.05, 3.63) is 0 Å². The fraction of sp³-hybridized carbons (Fsp3) is 1.00. The predicted octanol–water partition coefficient (Wildman–Crippen LogP) is 0.634. The van der Waals surface area contributed by atoms with E-state index in [2.05, 4.69) is 0 Å². The molecule has 0 bridgehead atoms. The maximum Gasteiger partial charge on any atom is 0.219 e. The third-order valence-electron chi connectivity index (χ3n) is 1.43. The van der Waals surface area contributed by atoms with Gasteiger partial charge in [-0.15, -0.1) is 0 Å². The molecule has 0 amide bonds. The second-order valence-electron chi connectivity index (χ2n) is 2.69. The molecule has 0 aromatic rings. The first-order valence-electron chi connectivity index (χ1n) is 3.12. The Balaban J connectivity index is 2.41. The molecule has 1 saturated heterocycles. The molecule has 1 heterocycles. The van der Waals surface area contributed by atoms with Crippen molar-refractivity contribution in [3.8, 4) is 0 Å². The van der Waals surface area contributed by atoms with E-state index in [0.717, 1.165) is 6.54 Å². The summed E-state index contributed by atoms with van der Waals surface area (Å²) in [4.78, 5) is 1.92. The number of morpholine rings is 1. The van der Waals surface area contributed by atoms with E-state index in [0.29, 0.717) is 13.2 Å². The first-order chi connectivity index (χ1) is 4.10. The molecule has 0 spiro atoms. The van der Waals surface area contributed by atoms with Crippen LogP contribution < -0.4 is 0 Å². The van der Waals surface area contributed by atoms with Crippen LogP contribution in [0.25, 0.3) is 0 Å². The molecule has 0 radical (unpaired) electrons. The third-order valence-corrected chi connectivity index (χ3v) is 1.43. The van der Waals surface area contributed by atoms with E-state index in [-0.39, 0.29) is 0 Å². The van der Waals surface area contributed by atoms with Gasteiger partial charge in [0.2, 0.25) is 5.85 Å². The van der Waals surface area contributed by atoms with Crippen LogP contribution in [0.3, 0.4) is 0 Å². The monoisotopic (exact) mass is 133 g/mol. The van der Waals surface area contributed by atoms with Gasteiger partial charge < -0.3 is 4.74 Å². The summed E-state index contributed by atoms with van der Waals surface area (Å²) >= 11 is 0. The number of halogens is 1. The number of hydrogen-bond acceptors (Lipinski definition) is 2. The van der Waals surface area contributed by atoms with Crippen molar-refractivity contribution < 1.29 is 9.13 Å². The zero-order chi connectivity index (χ0) is 6.91. The smallest absolute Gasteiger partial charge is 0.219 e. The Kier molecular flexibility index (Phi) is 1.73. The Morgan fingerprint density at radius 1 is 1.67 bits per heavy atom. The Morgan fingerprint density at radius 3 is 2.67 bits per heavy atom. The number of hydrogen-bond donors (Lipinski definition) is 0. The Hall–Kier alpha value is -0.150. The average Bonchev–Trinajstić information content (AvgIpc) is 1.60. The summed E-state index contributed by atoms with van der Waals surface area (Å²) in [5, 5.41) is 0. The fourth-order valence-electron chi connectivity index (χ4n) is 1.02. The van der Waals surface area contributed by atoms with Gasteiger partial charge in [0.05, 0.1) is 13.2 Å². The normalized spacial score (nSPS) is 39.0. The zero-order valence-electron chi connectivity index (χ0n) is 5.85. The quantitative estimate of drug-likeness (QED) is 0.480. The Labute approximate surface area is 54.6 Å².